The summed E-state index contributed by atoms with van der Waals surface area (Å²) in [6.45, 7) is 35.0. The molecule has 2 nitrogen and oxygen atoms in total. The van der Waals surface area contributed by atoms with Gasteiger partial charge >= 0.3 is 20.1 Å². The number of hydrogen-bond donors (Lipinski definition) is 0. The van der Waals surface area contributed by atoms with E-state index in [1.165, 1.54) is 44.5 Å². The van der Waals surface area contributed by atoms with Gasteiger partial charge in [0, 0.05) is 18.8 Å². The van der Waals surface area contributed by atoms with Crippen LogP contribution in [0.1, 0.15) is 116 Å². The van der Waals surface area contributed by atoms with E-state index < -0.39 is 0 Å². The Hall–Kier alpha value is -3.65. The van der Waals surface area contributed by atoms with Gasteiger partial charge < -0.3 is 9.55 Å². The number of benzene rings is 3. The molecule has 0 saturated heterocycles. The molecule has 3 heteroatoms. The van der Waals surface area contributed by atoms with Crippen molar-refractivity contribution in [1.82, 2.24) is 4.98 Å². The van der Waals surface area contributed by atoms with Crippen LogP contribution in [0.4, 0.5) is 0 Å². The van der Waals surface area contributed by atoms with E-state index in [1.807, 2.05) is 29.1 Å². The number of aryl methyl sites for hydroxylation is 1. The summed E-state index contributed by atoms with van der Waals surface area (Å²) in [4.78, 5) is 4.80. The molecule has 2 aliphatic carbocycles. The van der Waals surface area contributed by atoms with Crippen molar-refractivity contribution in [3.63, 3.8) is 0 Å². The molecule has 0 amide bonds. The quantitative estimate of drug-likeness (QED) is 0.130. The Morgan fingerprint density at radius 3 is 1.69 bits per heavy atom. The number of fused-ring (bicyclic) bond motifs is 2. The first-order valence-corrected chi connectivity index (χ1v) is 18.5. The molecular formula is C49H58IrN2+. The van der Waals surface area contributed by atoms with E-state index in [4.69, 9.17) is 4.98 Å². The molecule has 0 unspecified atom stereocenters. The molecule has 0 aliphatic heterocycles. The zero-order chi connectivity index (χ0) is 37.5. The molecule has 2 aromatic heterocycles. The Kier molecular flexibility index (Phi) is 9.91. The molecule has 0 bridgehead atoms. The fourth-order valence-electron chi connectivity index (χ4n) is 8.84. The third-order valence-corrected chi connectivity index (χ3v) is 14.8. The molecule has 2 aliphatic rings. The summed E-state index contributed by atoms with van der Waals surface area (Å²) < 4.78 is 1.93. The molecule has 0 atom stereocenters. The summed E-state index contributed by atoms with van der Waals surface area (Å²) in [5, 5.41) is 0. The van der Waals surface area contributed by atoms with Gasteiger partial charge in [-0.15, -0.1) is 46.5 Å². The molecule has 0 saturated carbocycles. The van der Waals surface area contributed by atoms with Crippen LogP contribution in [0.25, 0.3) is 33.6 Å². The van der Waals surface area contributed by atoms with Crippen LogP contribution in [-0.4, -0.2) is 4.98 Å². The van der Waals surface area contributed by atoms with Crippen LogP contribution in [0.2, 0.25) is 0 Å². The van der Waals surface area contributed by atoms with Crippen LogP contribution < -0.4 is 4.57 Å². The van der Waals surface area contributed by atoms with E-state index in [9.17, 15) is 0 Å². The zero-order valence-corrected chi connectivity index (χ0v) is 36.2. The van der Waals surface area contributed by atoms with Crippen molar-refractivity contribution in [2.24, 2.45) is 10.8 Å². The number of aromatic nitrogens is 2. The minimum atomic E-state index is 0. The van der Waals surface area contributed by atoms with Crippen LogP contribution in [0.3, 0.4) is 0 Å². The van der Waals surface area contributed by atoms with Crippen molar-refractivity contribution in [3.05, 3.63) is 145 Å². The van der Waals surface area contributed by atoms with E-state index in [-0.39, 0.29) is 52.6 Å². The molecular weight excluding hydrogens is 809 g/mol. The van der Waals surface area contributed by atoms with Crippen LogP contribution in [0, 0.1) is 37.8 Å². The average Bonchev–Trinajstić information content (AvgIpc) is 3.25. The molecule has 272 valence electrons. The van der Waals surface area contributed by atoms with Gasteiger partial charge in [0.15, 0.2) is 0 Å². The fraction of sp³-hybridized carbons (Fsp3) is 0.388. The number of nitrogens with zero attached hydrogens (tertiary/aromatic N) is 2. The van der Waals surface area contributed by atoms with Crippen molar-refractivity contribution >= 4 is 0 Å². The first-order valence-electron chi connectivity index (χ1n) is 18.5. The van der Waals surface area contributed by atoms with Gasteiger partial charge in [-0.3, -0.25) is 0 Å². The van der Waals surface area contributed by atoms with Gasteiger partial charge in [-0.25, -0.2) is 0 Å². The monoisotopic (exact) mass is 867 g/mol. The third kappa shape index (κ3) is 5.70. The second-order valence-corrected chi connectivity index (χ2v) is 18.3. The fourth-order valence-corrected chi connectivity index (χ4v) is 8.84. The average molecular weight is 867 g/mol. The summed E-state index contributed by atoms with van der Waals surface area (Å²) in [7, 11) is 4.11. The first kappa shape index (κ1) is 39.6. The van der Waals surface area contributed by atoms with Gasteiger partial charge in [0.1, 0.15) is 0 Å². The molecule has 3 aromatic carbocycles. The molecule has 5 aromatic rings. The summed E-state index contributed by atoms with van der Waals surface area (Å²) >= 11 is 0. The van der Waals surface area contributed by atoms with Crippen LogP contribution in [-0.2, 0) is 41.8 Å². The normalized spacial score (nSPS) is 19.0. The van der Waals surface area contributed by atoms with Crippen molar-refractivity contribution in [1.29, 1.82) is 0 Å². The van der Waals surface area contributed by atoms with Crippen molar-refractivity contribution < 1.29 is 24.7 Å². The topological polar surface area (TPSA) is 16.8 Å². The van der Waals surface area contributed by atoms with Crippen LogP contribution in [0.5, 0.6) is 0 Å². The Bertz CT molecular complexity index is 2130. The third-order valence-electron chi connectivity index (χ3n) is 14.8. The predicted octanol–water partition coefficient (Wildman–Crippen LogP) is 12.2. The van der Waals surface area contributed by atoms with E-state index in [0.29, 0.717) is 0 Å². The predicted molar refractivity (Wildman–Crippen MR) is 216 cm³/mol. The van der Waals surface area contributed by atoms with Gasteiger partial charge in [0.2, 0.25) is 0 Å². The molecule has 52 heavy (non-hydrogen) atoms. The first-order chi connectivity index (χ1) is 23.6. The molecule has 0 fully saturated rings. The van der Waals surface area contributed by atoms with Crippen molar-refractivity contribution in [3.8, 4) is 33.6 Å². The molecule has 0 N–H and O–H groups in total. The molecule has 2 heterocycles. The molecule has 0 spiro atoms. The summed E-state index contributed by atoms with van der Waals surface area (Å²) in [6.07, 6.45) is 3.99. The number of rotatable bonds is 3. The zero-order valence-electron chi connectivity index (χ0n) is 33.8. The van der Waals surface area contributed by atoms with Crippen molar-refractivity contribution in [2.45, 2.75) is 112 Å². The molecule has 7 rings (SSSR count). The summed E-state index contributed by atoms with van der Waals surface area (Å²) in [5.41, 5.74) is 15.6. The van der Waals surface area contributed by atoms with E-state index in [2.05, 4.69) is 177 Å². The van der Waals surface area contributed by atoms with Gasteiger partial charge in [0.25, 0.3) is 0 Å². The maximum Gasteiger partial charge on any atom is 3.00 e. The Morgan fingerprint density at radius 1 is 0.615 bits per heavy atom. The van der Waals surface area contributed by atoms with Crippen molar-refractivity contribution in [2.75, 3.05) is 0 Å². The van der Waals surface area contributed by atoms with E-state index in [1.54, 1.807) is 0 Å². The summed E-state index contributed by atoms with van der Waals surface area (Å²) in [6, 6.07) is 31.6. The standard InChI is InChI=1S/C27H30N.C22H28N.Ir/c1-18-15-24(28-17-21(18)19-11-9-8-10-12-19)20-13-14-22-23(16-20)26(4,5)27(6,7)25(22,2)3;1-15-13-17-18(21(4,5)22(6,7)20(17,2)3)14-16(15)19-11-9-10-12-23(19)8;/h8-12,14-17H,1-7H3;9-14H,1,8H2,2-7H3;/q2*-1;+3. The summed E-state index contributed by atoms with van der Waals surface area (Å²) in [5.74, 6) is 0. The second kappa shape index (κ2) is 13.0. The minimum absolute atomic E-state index is 0. The van der Waals surface area contributed by atoms with E-state index >= 15 is 0 Å². The Balaban J connectivity index is 0.000000201. The smallest absolute Gasteiger partial charge is 0.343 e. The SMILES string of the molecule is Cc1cc(-c2[c-]cc3c(c2)C(C)(C)C(C)(C)C3(C)C)ncc1-c1ccccc1.[CH2-]c1cc2c(cc1-c1cccc[n+]1[CH2-])C(C)(C)C(C)(C)C2(C)C.[Ir+3]. The van der Waals surface area contributed by atoms with Gasteiger partial charge in [0.05, 0.1) is 11.9 Å². The van der Waals surface area contributed by atoms with Gasteiger partial charge in [-0.1, -0.05) is 149 Å². The largest absolute Gasteiger partial charge is 3.00 e. The second-order valence-electron chi connectivity index (χ2n) is 18.3. The van der Waals surface area contributed by atoms with Crippen LogP contribution in [0.15, 0.2) is 91.3 Å². The Morgan fingerprint density at radius 2 is 1.13 bits per heavy atom. The minimum Gasteiger partial charge on any atom is -0.343 e. The number of hydrogen-bond acceptors (Lipinski definition) is 1. The number of pyridine rings is 2. The van der Waals surface area contributed by atoms with Crippen LogP contribution >= 0.6 is 0 Å². The van der Waals surface area contributed by atoms with E-state index in [0.717, 1.165) is 22.5 Å². The van der Waals surface area contributed by atoms with Gasteiger partial charge in [-0.2, -0.15) is 18.6 Å². The Labute approximate surface area is 328 Å². The maximum absolute atomic E-state index is 4.80. The van der Waals surface area contributed by atoms with Gasteiger partial charge in [-0.05, 0) is 56.2 Å². The molecule has 0 radical (unpaired) electrons. The maximum atomic E-state index is 4.80.